The first-order chi connectivity index (χ1) is 14.5. The van der Waals surface area contributed by atoms with Crippen LogP contribution in [0.1, 0.15) is 17.0 Å². The van der Waals surface area contributed by atoms with Crippen molar-refractivity contribution >= 4 is 29.3 Å². The Kier molecular flexibility index (Phi) is 5.68. The first-order valence-electron chi connectivity index (χ1n) is 9.36. The summed E-state index contributed by atoms with van der Waals surface area (Å²) >= 11 is 5.91. The van der Waals surface area contributed by atoms with Crippen molar-refractivity contribution in [1.82, 2.24) is 5.32 Å². The molecule has 0 radical (unpaired) electrons. The minimum absolute atomic E-state index is 0.0666. The van der Waals surface area contributed by atoms with Crippen LogP contribution in [0.3, 0.4) is 0 Å². The molecule has 152 valence electrons. The summed E-state index contributed by atoms with van der Waals surface area (Å²) in [5, 5.41) is 5.05. The van der Waals surface area contributed by atoms with E-state index in [9.17, 15) is 14.0 Å². The lowest BCUT2D eigenvalue weighted by atomic mass is 9.98. The molecule has 7 heteroatoms. The Morgan fingerprint density at radius 3 is 2.27 bits per heavy atom. The van der Waals surface area contributed by atoms with Gasteiger partial charge < -0.3 is 15.4 Å². The van der Waals surface area contributed by atoms with Crippen LogP contribution in [-0.4, -0.2) is 25.2 Å². The van der Waals surface area contributed by atoms with E-state index in [4.69, 9.17) is 16.3 Å². The average molecular weight is 425 g/mol. The van der Waals surface area contributed by atoms with Crippen molar-refractivity contribution in [3.05, 3.63) is 88.7 Å². The maximum absolute atomic E-state index is 13.3. The van der Waals surface area contributed by atoms with Crippen LogP contribution in [0.25, 0.3) is 11.1 Å². The molecule has 1 aliphatic carbocycles. The third-order valence-electron chi connectivity index (χ3n) is 4.94. The van der Waals surface area contributed by atoms with E-state index in [2.05, 4.69) is 22.8 Å². The molecule has 0 saturated carbocycles. The second kappa shape index (κ2) is 8.55. The Morgan fingerprint density at radius 2 is 1.60 bits per heavy atom. The van der Waals surface area contributed by atoms with E-state index >= 15 is 0 Å². The Balaban J connectivity index is 1.33. The van der Waals surface area contributed by atoms with Crippen molar-refractivity contribution in [2.75, 3.05) is 18.5 Å². The van der Waals surface area contributed by atoms with Crippen LogP contribution in [0.2, 0.25) is 5.02 Å². The standard InChI is InChI=1S/C23H18ClFN2O3/c24-20-10-9-14(25)11-21(20)27-22(28)12-26-23(29)30-13-19-17-7-3-1-5-15(17)16-6-2-4-8-18(16)19/h1-11,19H,12-13H2,(H,26,29)(H,27,28). The molecule has 2 amide bonds. The summed E-state index contributed by atoms with van der Waals surface area (Å²) in [6.07, 6.45) is -0.711. The fourth-order valence-electron chi connectivity index (χ4n) is 3.59. The lowest BCUT2D eigenvalue weighted by Gasteiger charge is -2.14. The van der Waals surface area contributed by atoms with Crippen LogP contribution >= 0.6 is 11.6 Å². The van der Waals surface area contributed by atoms with E-state index in [1.807, 2.05) is 36.4 Å². The molecule has 0 aromatic heterocycles. The summed E-state index contributed by atoms with van der Waals surface area (Å²) in [7, 11) is 0. The van der Waals surface area contributed by atoms with Gasteiger partial charge in [-0.25, -0.2) is 9.18 Å². The molecule has 0 heterocycles. The fraction of sp³-hybridized carbons (Fsp3) is 0.130. The molecule has 30 heavy (non-hydrogen) atoms. The maximum Gasteiger partial charge on any atom is 0.407 e. The third-order valence-corrected chi connectivity index (χ3v) is 5.27. The second-order valence-corrected chi connectivity index (χ2v) is 7.26. The highest BCUT2D eigenvalue weighted by molar-refractivity contribution is 6.33. The molecule has 3 aromatic carbocycles. The molecule has 0 saturated heterocycles. The molecular formula is C23H18ClFN2O3. The zero-order chi connectivity index (χ0) is 21.1. The number of carbonyl (C=O) groups is 2. The lowest BCUT2D eigenvalue weighted by molar-refractivity contribution is -0.115. The normalized spacial score (nSPS) is 12.1. The van der Waals surface area contributed by atoms with Crippen LogP contribution < -0.4 is 10.6 Å². The molecule has 0 atom stereocenters. The van der Waals surface area contributed by atoms with E-state index in [1.54, 1.807) is 0 Å². The fourth-order valence-corrected chi connectivity index (χ4v) is 3.75. The van der Waals surface area contributed by atoms with Crippen LogP contribution in [0.4, 0.5) is 14.9 Å². The number of halogens is 2. The minimum Gasteiger partial charge on any atom is -0.449 e. The molecule has 2 N–H and O–H groups in total. The highest BCUT2D eigenvalue weighted by atomic mass is 35.5. The summed E-state index contributed by atoms with van der Waals surface area (Å²) < 4.78 is 18.6. The predicted octanol–water partition coefficient (Wildman–Crippen LogP) is 4.96. The van der Waals surface area contributed by atoms with Gasteiger partial charge in [0.1, 0.15) is 19.0 Å². The molecule has 3 aromatic rings. The minimum atomic E-state index is -0.711. The van der Waals surface area contributed by atoms with E-state index in [-0.39, 0.29) is 29.8 Å². The number of ether oxygens (including phenoxy) is 1. The van der Waals surface area contributed by atoms with Gasteiger partial charge in [-0.1, -0.05) is 60.1 Å². The van der Waals surface area contributed by atoms with Crippen LogP contribution in [0, 0.1) is 5.82 Å². The Bertz CT molecular complexity index is 1070. The largest absolute Gasteiger partial charge is 0.449 e. The van der Waals surface area contributed by atoms with Gasteiger partial charge in [-0.15, -0.1) is 0 Å². The number of fused-ring (bicyclic) bond motifs is 3. The molecule has 0 unspecified atom stereocenters. The van der Waals surface area contributed by atoms with E-state index in [0.717, 1.165) is 28.3 Å². The molecule has 5 nitrogen and oxygen atoms in total. The smallest absolute Gasteiger partial charge is 0.407 e. The van der Waals surface area contributed by atoms with Gasteiger partial charge >= 0.3 is 6.09 Å². The number of alkyl carbamates (subject to hydrolysis) is 1. The van der Waals surface area contributed by atoms with Crippen LogP contribution in [0.15, 0.2) is 66.7 Å². The molecule has 0 spiro atoms. The first kappa shape index (κ1) is 19.9. The number of carbonyl (C=O) groups excluding carboxylic acids is 2. The van der Waals surface area contributed by atoms with Crippen molar-refractivity contribution in [3.63, 3.8) is 0 Å². The number of amides is 2. The lowest BCUT2D eigenvalue weighted by Crippen LogP contribution is -2.34. The number of anilines is 1. The highest BCUT2D eigenvalue weighted by Crippen LogP contribution is 2.44. The van der Waals surface area contributed by atoms with Gasteiger partial charge in [0.15, 0.2) is 0 Å². The van der Waals surface area contributed by atoms with E-state index in [0.29, 0.717) is 0 Å². The zero-order valence-electron chi connectivity index (χ0n) is 15.8. The van der Waals surface area contributed by atoms with Gasteiger partial charge in [0.05, 0.1) is 10.7 Å². The summed E-state index contributed by atoms with van der Waals surface area (Å²) in [5.74, 6) is -1.14. The van der Waals surface area contributed by atoms with Gasteiger partial charge in [-0.05, 0) is 40.5 Å². The molecule has 1 aliphatic rings. The van der Waals surface area contributed by atoms with E-state index in [1.165, 1.54) is 12.1 Å². The topological polar surface area (TPSA) is 67.4 Å². The quantitative estimate of drug-likeness (QED) is 0.608. The Labute approximate surface area is 177 Å². The Morgan fingerprint density at radius 1 is 0.967 bits per heavy atom. The number of benzene rings is 3. The number of hydrogen-bond acceptors (Lipinski definition) is 3. The van der Waals surface area contributed by atoms with Gasteiger partial charge in [0, 0.05) is 5.92 Å². The van der Waals surface area contributed by atoms with Gasteiger partial charge in [-0.3, -0.25) is 4.79 Å². The molecule has 0 aliphatic heterocycles. The maximum atomic E-state index is 13.3. The van der Waals surface area contributed by atoms with Crippen molar-refractivity contribution < 1.29 is 18.7 Å². The average Bonchev–Trinajstić information content (AvgIpc) is 3.07. The van der Waals surface area contributed by atoms with Crippen molar-refractivity contribution in [1.29, 1.82) is 0 Å². The SMILES string of the molecule is O=C(CNC(=O)OCC1c2ccccc2-c2ccccc21)Nc1cc(F)ccc1Cl. The second-order valence-electron chi connectivity index (χ2n) is 6.85. The molecule has 0 fully saturated rings. The summed E-state index contributed by atoms with van der Waals surface area (Å²) in [5.41, 5.74) is 4.60. The molecular weight excluding hydrogens is 407 g/mol. The van der Waals surface area contributed by atoms with Crippen molar-refractivity contribution in [3.8, 4) is 11.1 Å². The predicted molar refractivity (Wildman–Crippen MR) is 113 cm³/mol. The Hall–Kier alpha value is -3.38. The molecule has 4 rings (SSSR count). The van der Waals surface area contributed by atoms with Gasteiger partial charge in [-0.2, -0.15) is 0 Å². The molecule has 0 bridgehead atoms. The first-order valence-corrected chi connectivity index (χ1v) is 9.74. The van der Waals surface area contributed by atoms with Crippen LogP contribution in [0.5, 0.6) is 0 Å². The zero-order valence-corrected chi connectivity index (χ0v) is 16.6. The summed E-state index contributed by atoms with van der Waals surface area (Å²) in [6.45, 7) is -0.180. The van der Waals surface area contributed by atoms with Crippen molar-refractivity contribution in [2.45, 2.75) is 5.92 Å². The van der Waals surface area contributed by atoms with Gasteiger partial charge in [0.2, 0.25) is 5.91 Å². The summed E-state index contributed by atoms with van der Waals surface area (Å²) in [6, 6.07) is 19.7. The van der Waals surface area contributed by atoms with E-state index < -0.39 is 17.8 Å². The van der Waals surface area contributed by atoms with Gasteiger partial charge in [0.25, 0.3) is 0 Å². The number of hydrogen-bond donors (Lipinski definition) is 2. The number of nitrogens with one attached hydrogen (secondary N) is 2. The number of rotatable bonds is 5. The monoisotopic (exact) mass is 424 g/mol. The third kappa shape index (κ3) is 4.14. The summed E-state index contributed by atoms with van der Waals surface area (Å²) in [4.78, 5) is 24.1. The van der Waals surface area contributed by atoms with Crippen LogP contribution in [-0.2, 0) is 9.53 Å². The van der Waals surface area contributed by atoms with Crippen molar-refractivity contribution in [2.24, 2.45) is 0 Å². The highest BCUT2D eigenvalue weighted by Gasteiger charge is 2.29.